The van der Waals surface area contributed by atoms with E-state index in [9.17, 15) is 4.79 Å². The van der Waals surface area contributed by atoms with E-state index in [1.165, 1.54) is 11.3 Å². The van der Waals surface area contributed by atoms with E-state index in [-0.39, 0.29) is 12.0 Å². The molecule has 1 amide bonds. The molecule has 0 aliphatic carbocycles. The monoisotopic (exact) mass is 288 g/mol. The van der Waals surface area contributed by atoms with Gasteiger partial charge in [-0.3, -0.25) is 9.78 Å². The summed E-state index contributed by atoms with van der Waals surface area (Å²) in [6.07, 6.45) is 5.46. The van der Waals surface area contributed by atoms with E-state index in [4.69, 9.17) is 4.74 Å². The fourth-order valence-corrected chi connectivity index (χ4v) is 3.07. The fraction of sp³-hybridized carbons (Fsp3) is 0.333. The predicted octanol–water partition coefficient (Wildman–Crippen LogP) is 2.83. The zero-order valence-corrected chi connectivity index (χ0v) is 11.9. The number of likely N-dealkylation sites (tertiary alicyclic amines) is 1. The highest BCUT2D eigenvalue weighted by Gasteiger charge is 2.26. The quantitative estimate of drug-likeness (QED) is 0.872. The Morgan fingerprint density at radius 3 is 2.95 bits per heavy atom. The molecular formula is C15H16N2O2S. The smallest absolute Gasteiger partial charge is 0.264 e. The van der Waals surface area contributed by atoms with Crippen molar-refractivity contribution < 1.29 is 9.53 Å². The van der Waals surface area contributed by atoms with Gasteiger partial charge in [-0.25, -0.2) is 0 Å². The van der Waals surface area contributed by atoms with E-state index in [1.807, 2.05) is 34.5 Å². The first kappa shape index (κ1) is 13.1. The number of pyridine rings is 1. The summed E-state index contributed by atoms with van der Waals surface area (Å²) < 4.78 is 5.92. The maximum atomic E-state index is 12.3. The van der Waals surface area contributed by atoms with Crippen LogP contribution in [0, 0.1) is 0 Å². The minimum atomic E-state index is 0.0649. The van der Waals surface area contributed by atoms with Gasteiger partial charge in [-0.1, -0.05) is 6.07 Å². The number of thiophene rings is 1. The molecule has 0 aromatic carbocycles. The topological polar surface area (TPSA) is 42.4 Å². The maximum Gasteiger partial charge on any atom is 0.264 e. The van der Waals surface area contributed by atoms with Crippen LogP contribution >= 0.6 is 11.3 Å². The van der Waals surface area contributed by atoms with E-state index < -0.39 is 0 Å². The van der Waals surface area contributed by atoms with E-state index in [0.29, 0.717) is 6.54 Å². The van der Waals surface area contributed by atoms with Crippen molar-refractivity contribution >= 4 is 17.2 Å². The molecule has 0 N–H and O–H groups in total. The molecule has 1 aliphatic heterocycles. The highest BCUT2D eigenvalue weighted by Crippen LogP contribution is 2.20. The molecule has 4 nitrogen and oxygen atoms in total. The molecule has 0 bridgehead atoms. The molecule has 0 radical (unpaired) electrons. The Hall–Kier alpha value is -1.88. The molecule has 2 aromatic heterocycles. The van der Waals surface area contributed by atoms with Gasteiger partial charge >= 0.3 is 0 Å². The molecule has 104 valence electrons. The normalized spacial score (nSPS) is 18.8. The summed E-state index contributed by atoms with van der Waals surface area (Å²) >= 11 is 1.49. The Balaban J connectivity index is 1.63. The van der Waals surface area contributed by atoms with Crippen molar-refractivity contribution in [2.45, 2.75) is 18.9 Å². The van der Waals surface area contributed by atoms with Crippen LogP contribution in [0.2, 0.25) is 0 Å². The van der Waals surface area contributed by atoms with Crippen LogP contribution in [0.15, 0.2) is 42.0 Å². The summed E-state index contributed by atoms with van der Waals surface area (Å²) in [6, 6.07) is 7.48. The maximum absolute atomic E-state index is 12.3. The number of amides is 1. The molecule has 1 atom stereocenters. The Kier molecular flexibility index (Phi) is 3.97. The van der Waals surface area contributed by atoms with Gasteiger partial charge in [0.2, 0.25) is 0 Å². The average molecular weight is 288 g/mol. The lowest BCUT2D eigenvalue weighted by atomic mass is 10.1. The van der Waals surface area contributed by atoms with Crippen molar-refractivity contribution in [3.63, 3.8) is 0 Å². The number of hydrogen-bond acceptors (Lipinski definition) is 4. The third-order valence-electron chi connectivity index (χ3n) is 3.35. The molecule has 3 rings (SSSR count). The number of carbonyl (C=O) groups is 1. The number of hydrogen-bond donors (Lipinski definition) is 0. The number of piperidine rings is 1. The molecule has 5 heteroatoms. The number of rotatable bonds is 3. The largest absolute Gasteiger partial charge is 0.488 e. The van der Waals surface area contributed by atoms with Crippen LogP contribution in [0.4, 0.5) is 0 Å². The second-order valence-electron chi connectivity index (χ2n) is 4.79. The van der Waals surface area contributed by atoms with Gasteiger partial charge in [0.05, 0.1) is 11.4 Å². The molecule has 2 aromatic rings. The first-order valence-corrected chi connectivity index (χ1v) is 7.60. The van der Waals surface area contributed by atoms with Crippen molar-refractivity contribution in [3.8, 4) is 5.75 Å². The fourth-order valence-electron chi connectivity index (χ4n) is 2.38. The molecule has 3 heterocycles. The summed E-state index contributed by atoms with van der Waals surface area (Å²) in [6.45, 7) is 1.46. The molecule has 1 unspecified atom stereocenters. The van der Waals surface area contributed by atoms with Crippen molar-refractivity contribution in [2.75, 3.05) is 13.1 Å². The molecule has 20 heavy (non-hydrogen) atoms. The minimum Gasteiger partial charge on any atom is -0.488 e. The highest BCUT2D eigenvalue weighted by molar-refractivity contribution is 7.12. The molecule has 1 aliphatic rings. The number of aromatic nitrogens is 1. The Labute approximate surface area is 122 Å². The van der Waals surface area contributed by atoms with Crippen molar-refractivity contribution in [1.82, 2.24) is 9.88 Å². The van der Waals surface area contributed by atoms with Gasteiger partial charge in [-0.15, -0.1) is 11.3 Å². The summed E-state index contributed by atoms with van der Waals surface area (Å²) in [5.41, 5.74) is 0. The average Bonchev–Trinajstić information content (AvgIpc) is 3.02. The summed E-state index contributed by atoms with van der Waals surface area (Å²) in [4.78, 5) is 19.0. The van der Waals surface area contributed by atoms with Gasteiger partial charge in [0.1, 0.15) is 11.9 Å². The zero-order valence-electron chi connectivity index (χ0n) is 11.1. The summed E-state index contributed by atoms with van der Waals surface area (Å²) in [7, 11) is 0. The minimum absolute atomic E-state index is 0.0649. The molecule has 0 saturated carbocycles. The van der Waals surface area contributed by atoms with Gasteiger partial charge < -0.3 is 9.64 Å². The molecule has 1 fully saturated rings. The number of nitrogens with zero attached hydrogens (tertiary/aromatic N) is 2. The van der Waals surface area contributed by atoms with Crippen molar-refractivity contribution in [2.24, 2.45) is 0 Å². The van der Waals surface area contributed by atoms with Crippen LogP contribution in [0.1, 0.15) is 22.5 Å². The SMILES string of the molecule is O=C(c1cccs1)N1CCCC(Oc2ccncc2)C1. The number of ether oxygens (including phenoxy) is 1. The van der Waals surface area contributed by atoms with E-state index in [0.717, 1.165) is 30.0 Å². The van der Waals surface area contributed by atoms with Crippen molar-refractivity contribution in [1.29, 1.82) is 0 Å². The predicted molar refractivity (Wildman–Crippen MR) is 78.1 cm³/mol. The Morgan fingerprint density at radius 2 is 2.20 bits per heavy atom. The van der Waals surface area contributed by atoms with Crippen LogP contribution in [0.3, 0.4) is 0 Å². The van der Waals surface area contributed by atoms with E-state index in [2.05, 4.69) is 4.98 Å². The second-order valence-corrected chi connectivity index (χ2v) is 5.74. The van der Waals surface area contributed by atoms with E-state index >= 15 is 0 Å². The summed E-state index contributed by atoms with van der Waals surface area (Å²) in [5, 5.41) is 1.93. The van der Waals surface area contributed by atoms with Gasteiger partial charge in [-0.2, -0.15) is 0 Å². The van der Waals surface area contributed by atoms with Crippen LogP contribution in [-0.4, -0.2) is 35.0 Å². The third kappa shape index (κ3) is 2.99. The van der Waals surface area contributed by atoms with Crippen LogP contribution < -0.4 is 4.74 Å². The van der Waals surface area contributed by atoms with Gasteiger partial charge in [0.15, 0.2) is 0 Å². The van der Waals surface area contributed by atoms with Gasteiger partial charge in [0.25, 0.3) is 5.91 Å². The van der Waals surface area contributed by atoms with Gasteiger partial charge in [0, 0.05) is 18.9 Å². The van der Waals surface area contributed by atoms with Crippen LogP contribution in [-0.2, 0) is 0 Å². The Bertz CT molecular complexity index is 557. The lowest BCUT2D eigenvalue weighted by Crippen LogP contribution is -2.44. The van der Waals surface area contributed by atoms with Crippen LogP contribution in [0.25, 0.3) is 0 Å². The lowest BCUT2D eigenvalue weighted by Gasteiger charge is -2.32. The third-order valence-corrected chi connectivity index (χ3v) is 4.21. The molecular weight excluding hydrogens is 272 g/mol. The standard InChI is InChI=1S/C15H16N2O2S/c18-15(14-4-2-10-20-14)17-9-1-3-13(11-17)19-12-5-7-16-8-6-12/h2,4-8,10,13H,1,3,9,11H2. The Morgan fingerprint density at radius 1 is 1.35 bits per heavy atom. The number of carbonyl (C=O) groups excluding carboxylic acids is 1. The highest BCUT2D eigenvalue weighted by atomic mass is 32.1. The van der Waals surface area contributed by atoms with Crippen LogP contribution in [0.5, 0.6) is 5.75 Å². The van der Waals surface area contributed by atoms with Crippen molar-refractivity contribution in [3.05, 3.63) is 46.9 Å². The molecule has 1 saturated heterocycles. The molecule has 0 spiro atoms. The lowest BCUT2D eigenvalue weighted by molar-refractivity contribution is 0.0542. The van der Waals surface area contributed by atoms with Gasteiger partial charge in [-0.05, 0) is 36.4 Å². The summed E-state index contributed by atoms with van der Waals surface area (Å²) in [5.74, 6) is 0.929. The zero-order chi connectivity index (χ0) is 13.8. The first-order chi connectivity index (χ1) is 9.83. The second kappa shape index (κ2) is 6.05. The first-order valence-electron chi connectivity index (χ1n) is 6.72. The van der Waals surface area contributed by atoms with E-state index in [1.54, 1.807) is 12.4 Å².